The number of nitrogens with zero attached hydrogens (tertiary/aromatic N) is 2. The maximum Gasteiger partial charge on any atom is 0.108 e. The van der Waals surface area contributed by atoms with Gasteiger partial charge < -0.3 is 0 Å². The van der Waals surface area contributed by atoms with E-state index in [4.69, 9.17) is 5.26 Å². The largest absolute Gasteiger partial charge is 0.282 e. The maximum absolute atomic E-state index is 8.86. The van der Waals surface area contributed by atoms with Crippen LogP contribution in [0, 0.1) is 18.3 Å². The van der Waals surface area contributed by atoms with Gasteiger partial charge >= 0.3 is 0 Å². The van der Waals surface area contributed by atoms with E-state index in [-0.39, 0.29) is 0 Å². The Kier molecular flexibility index (Phi) is 1.82. The van der Waals surface area contributed by atoms with Crippen molar-refractivity contribution in [3.05, 3.63) is 27.9 Å². The van der Waals surface area contributed by atoms with Crippen molar-refractivity contribution >= 4 is 26.8 Å². The Hall–Kier alpha value is -1.34. The second kappa shape index (κ2) is 2.86. The van der Waals surface area contributed by atoms with Crippen molar-refractivity contribution in [2.75, 3.05) is 0 Å². The van der Waals surface area contributed by atoms with E-state index >= 15 is 0 Å². The van der Waals surface area contributed by atoms with Crippen LogP contribution in [0.5, 0.6) is 0 Å². The number of aryl methyl sites for hydroxylation is 1. The van der Waals surface area contributed by atoms with Gasteiger partial charge in [0.25, 0.3) is 0 Å². The molecule has 13 heavy (non-hydrogen) atoms. The average molecular weight is 236 g/mol. The Labute approximate surface area is 83.5 Å². The highest BCUT2D eigenvalue weighted by atomic mass is 79.9. The lowest BCUT2D eigenvalue weighted by molar-refractivity contribution is 1.07. The second-order valence-corrected chi connectivity index (χ2v) is 3.63. The van der Waals surface area contributed by atoms with Crippen LogP contribution in [-0.2, 0) is 0 Å². The van der Waals surface area contributed by atoms with Crippen LogP contribution in [0.3, 0.4) is 0 Å². The van der Waals surface area contributed by atoms with Crippen molar-refractivity contribution in [1.29, 1.82) is 5.26 Å². The first-order valence-corrected chi connectivity index (χ1v) is 4.56. The zero-order valence-corrected chi connectivity index (χ0v) is 8.51. The molecule has 0 saturated carbocycles. The number of aromatic nitrogens is 2. The Balaban J connectivity index is 2.99. The van der Waals surface area contributed by atoms with Gasteiger partial charge in [0, 0.05) is 15.6 Å². The van der Waals surface area contributed by atoms with Crippen molar-refractivity contribution in [2.24, 2.45) is 0 Å². The number of nitrogens with one attached hydrogen (secondary N) is 1. The summed E-state index contributed by atoms with van der Waals surface area (Å²) in [5.74, 6) is 0. The molecule has 0 amide bonds. The third-order valence-electron chi connectivity index (χ3n) is 1.96. The van der Waals surface area contributed by atoms with E-state index in [0.717, 1.165) is 21.1 Å². The number of fused-ring (bicyclic) bond motifs is 1. The molecule has 1 aromatic carbocycles. The molecule has 0 radical (unpaired) electrons. The van der Waals surface area contributed by atoms with Crippen LogP contribution in [0.15, 0.2) is 16.6 Å². The molecule has 0 aliphatic heterocycles. The molecule has 0 aliphatic carbocycles. The summed E-state index contributed by atoms with van der Waals surface area (Å²) < 4.78 is 0.908. The third kappa shape index (κ3) is 1.12. The predicted molar refractivity (Wildman–Crippen MR) is 53.2 cm³/mol. The number of hydrogen-bond acceptors (Lipinski definition) is 2. The van der Waals surface area contributed by atoms with Gasteiger partial charge in [0.15, 0.2) is 0 Å². The Morgan fingerprint density at radius 1 is 1.54 bits per heavy atom. The van der Waals surface area contributed by atoms with Crippen molar-refractivity contribution in [1.82, 2.24) is 10.2 Å². The van der Waals surface area contributed by atoms with Crippen LogP contribution >= 0.6 is 15.9 Å². The quantitative estimate of drug-likeness (QED) is 0.763. The molecule has 0 aliphatic rings. The molecule has 0 spiro atoms. The molecule has 0 bridgehead atoms. The first-order valence-electron chi connectivity index (χ1n) is 3.77. The molecule has 0 saturated heterocycles. The zero-order chi connectivity index (χ0) is 9.42. The highest BCUT2D eigenvalue weighted by molar-refractivity contribution is 9.10. The van der Waals surface area contributed by atoms with Gasteiger partial charge in [-0.15, -0.1) is 0 Å². The maximum atomic E-state index is 8.86. The van der Waals surface area contributed by atoms with Gasteiger partial charge in [-0.1, -0.05) is 0 Å². The molecule has 1 aromatic heterocycles. The summed E-state index contributed by atoms with van der Waals surface area (Å²) in [6, 6.07) is 5.76. The SMILES string of the molecule is Cc1[nH]nc2c(Br)ccc(C#N)c12. The summed E-state index contributed by atoms with van der Waals surface area (Å²) in [5, 5.41) is 16.7. The van der Waals surface area contributed by atoms with Crippen LogP contribution in [0.1, 0.15) is 11.3 Å². The van der Waals surface area contributed by atoms with E-state index in [2.05, 4.69) is 32.2 Å². The number of benzene rings is 1. The fraction of sp³-hybridized carbons (Fsp3) is 0.111. The minimum Gasteiger partial charge on any atom is -0.282 e. The van der Waals surface area contributed by atoms with Gasteiger partial charge in [0.1, 0.15) is 5.52 Å². The average Bonchev–Trinajstić information content (AvgIpc) is 2.51. The lowest BCUT2D eigenvalue weighted by Crippen LogP contribution is -1.79. The summed E-state index contributed by atoms with van der Waals surface area (Å²) in [7, 11) is 0. The standard InChI is InChI=1S/C9H6BrN3/c1-5-8-6(4-11)2-3-7(10)9(8)13-12-5/h2-3H,1H3,(H,12,13). The van der Waals surface area contributed by atoms with Gasteiger partial charge in [-0.3, -0.25) is 5.10 Å². The van der Waals surface area contributed by atoms with E-state index in [1.807, 2.05) is 13.0 Å². The Morgan fingerprint density at radius 3 is 3.00 bits per heavy atom. The summed E-state index contributed by atoms with van der Waals surface area (Å²) >= 11 is 3.38. The van der Waals surface area contributed by atoms with Crippen molar-refractivity contribution in [3.63, 3.8) is 0 Å². The molecule has 1 heterocycles. The molecule has 0 unspecified atom stereocenters. The lowest BCUT2D eigenvalue weighted by Gasteiger charge is -1.95. The number of aromatic amines is 1. The first kappa shape index (κ1) is 8.27. The molecule has 64 valence electrons. The molecular formula is C9H6BrN3. The van der Waals surface area contributed by atoms with Crippen molar-refractivity contribution in [2.45, 2.75) is 6.92 Å². The number of hydrogen-bond donors (Lipinski definition) is 1. The minimum atomic E-state index is 0.657. The Bertz CT molecular complexity index is 507. The topological polar surface area (TPSA) is 52.5 Å². The summed E-state index contributed by atoms with van der Waals surface area (Å²) in [5.41, 5.74) is 2.40. The molecular weight excluding hydrogens is 230 g/mol. The van der Waals surface area contributed by atoms with Crippen LogP contribution in [0.2, 0.25) is 0 Å². The Morgan fingerprint density at radius 2 is 2.31 bits per heavy atom. The molecule has 4 heteroatoms. The normalized spacial score (nSPS) is 10.2. The molecule has 3 nitrogen and oxygen atoms in total. The van der Waals surface area contributed by atoms with E-state index in [1.54, 1.807) is 6.07 Å². The van der Waals surface area contributed by atoms with E-state index in [9.17, 15) is 0 Å². The fourth-order valence-electron chi connectivity index (χ4n) is 1.34. The summed E-state index contributed by atoms with van der Waals surface area (Å²) in [6.45, 7) is 1.91. The highest BCUT2D eigenvalue weighted by Gasteiger charge is 2.09. The number of rotatable bonds is 0. The zero-order valence-electron chi connectivity index (χ0n) is 6.93. The first-order chi connectivity index (χ1) is 6.24. The second-order valence-electron chi connectivity index (χ2n) is 2.78. The van der Waals surface area contributed by atoms with Crippen molar-refractivity contribution < 1.29 is 0 Å². The summed E-state index contributed by atoms with van der Waals surface area (Å²) in [4.78, 5) is 0. The van der Waals surface area contributed by atoms with E-state index < -0.39 is 0 Å². The van der Waals surface area contributed by atoms with Crippen LogP contribution in [0.4, 0.5) is 0 Å². The van der Waals surface area contributed by atoms with Gasteiger partial charge in [-0.2, -0.15) is 10.4 Å². The van der Waals surface area contributed by atoms with E-state index in [0.29, 0.717) is 5.56 Å². The van der Waals surface area contributed by atoms with Crippen LogP contribution in [0.25, 0.3) is 10.9 Å². The number of nitriles is 1. The molecule has 0 fully saturated rings. The molecule has 2 rings (SSSR count). The van der Waals surface area contributed by atoms with Crippen LogP contribution < -0.4 is 0 Å². The minimum absolute atomic E-state index is 0.657. The van der Waals surface area contributed by atoms with Crippen molar-refractivity contribution in [3.8, 4) is 6.07 Å². The number of H-pyrrole nitrogens is 1. The fourth-order valence-corrected chi connectivity index (χ4v) is 1.76. The van der Waals surface area contributed by atoms with Crippen LogP contribution in [-0.4, -0.2) is 10.2 Å². The highest BCUT2D eigenvalue weighted by Crippen LogP contribution is 2.26. The van der Waals surface area contributed by atoms with Gasteiger partial charge in [-0.25, -0.2) is 0 Å². The van der Waals surface area contributed by atoms with Gasteiger partial charge in [0.05, 0.1) is 11.6 Å². The summed E-state index contributed by atoms with van der Waals surface area (Å²) in [6.07, 6.45) is 0. The molecule has 1 N–H and O–H groups in total. The smallest absolute Gasteiger partial charge is 0.108 e. The predicted octanol–water partition coefficient (Wildman–Crippen LogP) is 2.51. The number of halogens is 1. The molecule has 2 aromatic rings. The monoisotopic (exact) mass is 235 g/mol. The van der Waals surface area contributed by atoms with Gasteiger partial charge in [0.2, 0.25) is 0 Å². The van der Waals surface area contributed by atoms with Gasteiger partial charge in [-0.05, 0) is 35.0 Å². The lowest BCUT2D eigenvalue weighted by atomic mass is 10.1. The molecule has 0 atom stereocenters. The van der Waals surface area contributed by atoms with E-state index in [1.165, 1.54) is 0 Å². The third-order valence-corrected chi connectivity index (χ3v) is 2.60.